The maximum absolute atomic E-state index is 5.87. The van der Waals surface area contributed by atoms with Gasteiger partial charge in [-0.2, -0.15) is 0 Å². The molecule has 3 heteroatoms. The molecule has 2 aromatic rings. The molecule has 2 rings (SSSR count). The van der Waals surface area contributed by atoms with E-state index in [4.69, 9.17) is 5.73 Å². The number of aromatic nitrogens is 2. The lowest BCUT2D eigenvalue weighted by Crippen LogP contribution is -2.01. The van der Waals surface area contributed by atoms with Crippen molar-refractivity contribution in [3.8, 4) is 11.3 Å². The highest BCUT2D eigenvalue weighted by atomic mass is 14.9. The SMILES string of the molecule is CCc1ccc(-c2ncnc(N)c2CC)cc1. The lowest BCUT2D eigenvalue weighted by molar-refractivity contribution is 1.06. The molecular weight excluding hydrogens is 210 g/mol. The minimum atomic E-state index is 0.581. The highest BCUT2D eigenvalue weighted by Gasteiger charge is 2.08. The summed E-state index contributed by atoms with van der Waals surface area (Å²) < 4.78 is 0. The third kappa shape index (κ3) is 2.28. The Bertz CT molecular complexity index is 503. The van der Waals surface area contributed by atoms with Crippen molar-refractivity contribution in [2.75, 3.05) is 5.73 Å². The summed E-state index contributed by atoms with van der Waals surface area (Å²) in [6, 6.07) is 8.46. The normalized spacial score (nSPS) is 10.5. The fourth-order valence-corrected chi connectivity index (χ4v) is 1.92. The molecule has 0 aliphatic heterocycles. The van der Waals surface area contributed by atoms with E-state index in [2.05, 4.69) is 48.1 Å². The third-order valence-electron chi connectivity index (χ3n) is 2.97. The molecule has 17 heavy (non-hydrogen) atoms. The van der Waals surface area contributed by atoms with Gasteiger partial charge in [0.25, 0.3) is 0 Å². The number of benzene rings is 1. The van der Waals surface area contributed by atoms with Crippen molar-refractivity contribution in [2.24, 2.45) is 0 Å². The number of anilines is 1. The van der Waals surface area contributed by atoms with Crippen molar-refractivity contribution >= 4 is 5.82 Å². The number of nitrogens with zero attached hydrogens (tertiary/aromatic N) is 2. The summed E-state index contributed by atoms with van der Waals surface area (Å²) in [7, 11) is 0. The zero-order valence-corrected chi connectivity index (χ0v) is 10.3. The highest BCUT2D eigenvalue weighted by molar-refractivity contribution is 5.67. The van der Waals surface area contributed by atoms with Gasteiger partial charge in [0.2, 0.25) is 0 Å². The number of hydrogen-bond acceptors (Lipinski definition) is 3. The van der Waals surface area contributed by atoms with Gasteiger partial charge in [0.05, 0.1) is 5.69 Å². The first-order valence-corrected chi connectivity index (χ1v) is 5.94. The standard InChI is InChI=1S/C14H17N3/c1-3-10-5-7-11(8-6-10)13-12(4-2)14(15)17-9-16-13/h5-9H,3-4H2,1-2H3,(H2,15,16,17). The van der Waals surface area contributed by atoms with E-state index in [0.29, 0.717) is 5.82 Å². The van der Waals surface area contributed by atoms with Crippen molar-refractivity contribution in [3.63, 3.8) is 0 Å². The van der Waals surface area contributed by atoms with Crippen molar-refractivity contribution in [3.05, 3.63) is 41.7 Å². The molecule has 1 aromatic heterocycles. The minimum absolute atomic E-state index is 0.581. The lowest BCUT2D eigenvalue weighted by Gasteiger charge is -2.09. The second-order valence-corrected chi connectivity index (χ2v) is 3.99. The molecule has 88 valence electrons. The van der Waals surface area contributed by atoms with Crippen LogP contribution in [0.3, 0.4) is 0 Å². The average Bonchev–Trinajstić information content (AvgIpc) is 2.38. The summed E-state index contributed by atoms with van der Waals surface area (Å²) in [6.45, 7) is 4.22. The Morgan fingerprint density at radius 1 is 1.00 bits per heavy atom. The Kier molecular flexibility index (Phi) is 3.38. The molecule has 0 saturated carbocycles. The van der Waals surface area contributed by atoms with Gasteiger partial charge < -0.3 is 5.73 Å². The monoisotopic (exact) mass is 227 g/mol. The second kappa shape index (κ2) is 4.95. The van der Waals surface area contributed by atoms with Gasteiger partial charge in [0.15, 0.2) is 0 Å². The minimum Gasteiger partial charge on any atom is -0.383 e. The molecular formula is C14H17N3. The van der Waals surface area contributed by atoms with Crippen molar-refractivity contribution in [2.45, 2.75) is 26.7 Å². The summed E-state index contributed by atoms with van der Waals surface area (Å²) >= 11 is 0. The van der Waals surface area contributed by atoms with Crippen molar-refractivity contribution < 1.29 is 0 Å². The first-order valence-electron chi connectivity index (χ1n) is 5.94. The van der Waals surface area contributed by atoms with Crippen LogP contribution >= 0.6 is 0 Å². The van der Waals surface area contributed by atoms with E-state index in [1.165, 1.54) is 11.9 Å². The van der Waals surface area contributed by atoms with Crippen LogP contribution < -0.4 is 5.73 Å². The van der Waals surface area contributed by atoms with Gasteiger partial charge in [0.1, 0.15) is 12.1 Å². The summed E-state index contributed by atoms with van der Waals surface area (Å²) in [5.41, 5.74) is 10.3. The van der Waals surface area contributed by atoms with Gasteiger partial charge in [0, 0.05) is 11.1 Å². The zero-order valence-electron chi connectivity index (χ0n) is 10.3. The van der Waals surface area contributed by atoms with E-state index in [1.807, 2.05) is 0 Å². The number of aryl methyl sites for hydroxylation is 1. The largest absolute Gasteiger partial charge is 0.383 e. The average molecular weight is 227 g/mol. The smallest absolute Gasteiger partial charge is 0.130 e. The van der Waals surface area contributed by atoms with Gasteiger partial charge in [-0.05, 0) is 18.4 Å². The Morgan fingerprint density at radius 3 is 2.29 bits per heavy atom. The quantitative estimate of drug-likeness (QED) is 0.877. The summed E-state index contributed by atoms with van der Waals surface area (Å²) in [4.78, 5) is 8.38. The Balaban J connectivity index is 2.48. The predicted octanol–water partition coefficient (Wildman–Crippen LogP) is 2.85. The van der Waals surface area contributed by atoms with Crippen LogP contribution in [0.15, 0.2) is 30.6 Å². The predicted molar refractivity (Wildman–Crippen MR) is 70.6 cm³/mol. The molecule has 0 amide bonds. The van der Waals surface area contributed by atoms with E-state index < -0.39 is 0 Å². The van der Waals surface area contributed by atoms with E-state index >= 15 is 0 Å². The Hall–Kier alpha value is -1.90. The summed E-state index contributed by atoms with van der Waals surface area (Å²) in [5.74, 6) is 0.581. The van der Waals surface area contributed by atoms with Gasteiger partial charge in [-0.25, -0.2) is 9.97 Å². The molecule has 0 bridgehead atoms. The highest BCUT2D eigenvalue weighted by Crippen LogP contribution is 2.24. The second-order valence-electron chi connectivity index (χ2n) is 3.99. The first-order chi connectivity index (χ1) is 8.26. The maximum Gasteiger partial charge on any atom is 0.130 e. The molecule has 0 radical (unpaired) electrons. The van der Waals surface area contributed by atoms with Crippen molar-refractivity contribution in [1.82, 2.24) is 9.97 Å². The molecule has 0 fully saturated rings. The first kappa shape index (κ1) is 11.6. The van der Waals surface area contributed by atoms with Crippen LogP contribution in [0, 0.1) is 0 Å². The molecule has 0 unspecified atom stereocenters. The molecule has 3 nitrogen and oxygen atoms in total. The number of rotatable bonds is 3. The van der Waals surface area contributed by atoms with Gasteiger partial charge in [-0.15, -0.1) is 0 Å². The van der Waals surface area contributed by atoms with E-state index in [0.717, 1.165) is 29.7 Å². The zero-order chi connectivity index (χ0) is 12.3. The van der Waals surface area contributed by atoms with Crippen LogP contribution in [0.5, 0.6) is 0 Å². The number of hydrogen-bond donors (Lipinski definition) is 1. The molecule has 1 aromatic carbocycles. The van der Waals surface area contributed by atoms with Crippen molar-refractivity contribution in [1.29, 1.82) is 0 Å². The van der Waals surface area contributed by atoms with Gasteiger partial charge >= 0.3 is 0 Å². The van der Waals surface area contributed by atoms with Crippen LogP contribution in [-0.4, -0.2) is 9.97 Å². The van der Waals surface area contributed by atoms with Gasteiger partial charge in [-0.1, -0.05) is 38.1 Å². The summed E-state index contributed by atoms with van der Waals surface area (Å²) in [6.07, 6.45) is 3.42. The Labute approximate surface area is 102 Å². The molecule has 0 aliphatic rings. The topological polar surface area (TPSA) is 51.8 Å². The third-order valence-corrected chi connectivity index (χ3v) is 2.97. The fourth-order valence-electron chi connectivity index (χ4n) is 1.92. The molecule has 1 heterocycles. The lowest BCUT2D eigenvalue weighted by atomic mass is 10.0. The van der Waals surface area contributed by atoms with E-state index in [9.17, 15) is 0 Å². The van der Waals surface area contributed by atoms with Crippen LogP contribution in [0.25, 0.3) is 11.3 Å². The van der Waals surface area contributed by atoms with Crippen LogP contribution in [-0.2, 0) is 12.8 Å². The molecule has 0 spiro atoms. The Morgan fingerprint density at radius 2 is 1.71 bits per heavy atom. The van der Waals surface area contributed by atoms with E-state index in [1.54, 1.807) is 0 Å². The molecule has 0 saturated heterocycles. The molecule has 0 atom stereocenters. The maximum atomic E-state index is 5.87. The summed E-state index contributed by atoms with van der Waals surface area (Å²) in [5, 5.41) is 0. The van der Waals surface area contributed by atoms with Crippen LogP contribution in [0.2, 0.25) is 0 Å². The fraction of sp³-hybridized carbons (Fsp3) is 0.286. The number of nitrogen functional groups attached to an aromatic ring is 1. The molecule has 2 N–H and O–H groups in total. The van der Waals surface area contributed by atoms with Gasteiger partial charge in [-0.3, -0.25) is 0 Å². The van der Waals surface area contributed by atoms with Crippen LogP contribution in [0.1, 0.15) is 25.0 Å². The van der Waals surface area contributed by atoms with E-state index in [-0.39, 0.29) is 0 Å². The molecule has 0 aliphatic carbocycles. The number of nitrogens with two attached hydrogens (primary N) is 1. The van der Waals surface area contributed by atoms with Crippen LogP contribution in [0.4, 0.5) is 5.82 Å².